The largest absolute Gasteiger partial charge is 0.447 e. The number of carbonyl (C=O) groups excluding carboxylic acids is 2. The molecule has 5 nitrogen and oxygen atoms in total. The third-order valence-corrected chi connectivity index (χ3v) is 6.07. The third kappa shape index (κ3) is 4.39. The van der Waals surface area contributed by atoms with Crippen molar-refractivity contribution in [1.82, 2.24) is 5.32 Å². The number of ether oxygens (including phenoxy) is 1. The zero-order valence-corrected chi connectivity index (χ0v) is 17.7. The zero-order valence-electron chi connectivity index (χ0n) is 16.8. The van der Waals surface area contributed by atoms with Crippen LogP contribution in [0.25, 0.3) is 0 Å². The lowest BCUT2D eigenvalue weighted by molar-refractivity contribution is 0.0943. The molecular formula is C24H24N2O3S. The van der Waals surface area contributed by atoms with E-state index in [1.165, 1.54) is 5.56 Å². The van der Waals surface area contributed by atoms with Gasteiger partial charge in [0.1, 0.15) is 6.61 Å². The number of aryl methyl sites for hydroxylation is 1. The standard InChI is InChI=1S/C24H24N2O3S/c1-2-5-17-9-11-18(12-10-17)22(21-8-4-15-30-21)25-23(27)19-6-3-7-20(16-19)26-13-14-29-24(26)28/h3-4,6-12,15-16,22H,2,5,13-14H2,1H3,(H,25,27). The van der Waals surface area contributed by atoms with Crippen LogP contribution in [0.4, 0.5) is 10.5 Å². The van der Waals surface area contributed by atoms with Crippen LogP contribution in [0, 0.1) is 0 Å². The van der Waals surface area contributed by atoms with Gasteiger partial charge in [0, 0.05) is 16.1 Å². The number of benzene rings is 2. The Balaban J connectivity index is 1.57. The van der Waals surface area contributed by atoms with E-state index in [2.05, 4.69) is 36.5 Å². The molecule has 154 valence electrons. The Morgan fingerprint density at radius 3 is 2.67 bits per heavy atom. The van der Waals surface area contributed by atoms with Crippen LogP contribution in [0.1, 0.15) is 45.7 Å². The predicted molar refractivity (Wildman–Crippen MR) is 119 cm³/mol. The van der Waals surface area contributed by atoms with Crippen LogP contribution < -0.4 is 10.2 Å². The highest BCUT2D eigenvalue weighted by molar-refractivity contribution is 7.10. The predicted octanol–water partition coefficient (Wildman–Crippen LogP) is 5.18. The van der Waals surface area contributed by atoms with Crippen molar-refractivity contribution >= 4 is 29.0 Å². The molecule has 0 aliphatic carbocycles. The van der Waals surface area contributed by atoms with E-state index in [9.17, 15) is 9.59 Å². The molecule has 1 saturated heterocycles. The second-order valence-electron chi connectivity index (χ2n) is 7.23. The molecule has 3 aromatic rings. The first-order chi connectivity index (χ1) is 14.7. The maximum atomic E-state index is 13.1. The van der Waals surface area contributed by atoms with Crippen molar-refractivity contribution in [3.8, 4) is 0 Å². The van der Waals surface area contributed by atoms with Gasteiger partial charge in [-0.25, -0.2) is 4.79 Å². The highest BCUT2D eigenvalue weighted by Crippen LogP contribution is 2.27. The molecule has 1 aromatic heterocycles. The summed E-state index contributed by atoms with van der Waals surface area (Å²) in [5.41, 5.74) is 3.52. The Bertz CT molecular complexity index is 1020. The molecule has 2 amide bonds. The van der Waals surface area contributed by atoms with E-state index in [-0.39, 0.29) is 18.0 Å². The Kier molecular flexibility index (Phi) is 6.14. The number of amides is 2. The molecule has 2 heterocycles. The molecule has 1 atom stereocenters. The van der Waals surface area contributed by atoms with Crippen LogP contribution >= 0.6 is 11.3 Å². The summed E-state index contributed by atoms with van der Waals surface area (Å²) in [5, 5.41) is 5.18. The monoisotopic (exact) mass is 420 g/mol. The van der Waals surface area contributed by atoms with Gasteiger partial charge in [0.25, 0.3) is 5.91 Å². The van der Waals surface area contributed by atoms with Crippen LogP contribution in [-0.2, 0) is 11.2 Å². The van der Waals surface area contributed by atoms with E-state index in [0.717, 1.165) is 23.3 Å². The number of anilines is 1. The molecule has 1 unspecified atom stereocenters. The van der Waals surface area contributed by atoms with Crippen molar-refractivity contribution in [3.05, 3.63) is 87.6 Å². The minimum Gasteiger partial charge on any atom is -0.447 e. The van der Waals surface area contributed by atoms with Crippen molar-refractivity contribution in [1.29, 1.82) is 0 Å². The normalized spacial score (nSPS) is 14.4. The van der Waals surface area contributed by atoms with Crippen LogP contribution in [-0.4, -0.2) is 25.2 Å². The summed E-state index contributed by atoms with van der Waals surface area (Å²) in [6.07, 6.45) is 1.77. The Morgan fingerprint density at radius 1 is 1.17 bits per heavy atom. The van der Waals surface area contributed by atoms with Gasteiger partial charge in [-0.2, -0.15) is 0 Å². The maximum absolute atomic E-state index is 13.1. The summed E-state index contributed by atoms with van der Waals surface area (Å²) in [6.45, 7) is 3.02. The molecule has 1 aliphatic heterocycles. The molecule has 6 heteroatoms. The van der Waals surface area contributed by atoms with E-state index in [0.29, 0.717) is 24.4 Å². The summed E-state index contributed by atoms with van der Waals surface area (Å²) < 4.78 is 5.01. The van der Waals surface area contributed by atoms with Gasteiger partial charge in [-0.3, -0.25) is 9.69 Å². The van der Waals surface area contributed by atoms with E-state index in [1.54, 1.807) is 34.4 Å². The first kappa shape index (κ1) is 20.2. The SMILES string of the molecule is CCCc1ccc(C(NC(=O)c2cccc(N3CCOC3=O)c2)c2cccs2)cc1. The number of hydrogen-bond acceptors (Lipinski definition) is 4. The topological polar surface area (TPSA) is 58.6 Å². The first-order valence-corrected chi connectivity index (χ1v) is 11.0. The van der Waals surface area contributed by atoms with Crippen LogP contribution in [0.15, 0.2) is 66.0 Å². The smallest absolute Gasteiger partial charge is 0.414 e. The fourth-order valence-electron chi connectivity index (χ4n) is 3.60. The quantitative estimate of drug-likeness (QED) is 0.573. The Morgan fingerprint density at radius 2 is 2.00 bits per heavy atom. The Hall–Kier alpha value is -3.12. The molecule has 0 bridgehead atoms. The van der Waals surface area contributed by atoms with Crippen LogP contribution in [0.2, 0.25) is 0 Å². The summed E-state index contributed by atoms with van der Waals surface area (Å²) in [5.74, 6) is -0.180. The van der Waals surface area contributed by atoms with Crippen molar-refractivity contribution in [2.75, 3.05) is 18.1 Å². The molecule has 1 aliphatic rings. The summed E-state index contributed by atoms with van der Waals surface area (Å²) in [6, 6.07) is 19.3. The molecule has 2 aromatic carbocycles. The molecular weight excluding hydrogens is 396 g/mol. The van der Waals surface area contributed by atoms with E-state index >= 15 is 0 Å². The van der Waals surface area contributed by atoms with Gasteiger partial charge < -0.3 is 10.1 Å². The van der Waals surface area contributed by atoms with Gasteiger partial charge in [0.05, 0.1) is 12.6 Å². The highest BCUT2D eigenvalue weighted by Gasteiger charge is 2.25. The average Bonchev–Trinajstić information content (AvgIpc) is 3.45. The van der Waals surface area contributed by atoms with Crippen molar-refractivity contribution in [2.45, 2.75) is 25.8 Å². The van der Waals surface area contributed by atoms with E-state index < -0.39 is 0 Å². The fraction of sp³-hybridized carbons (Fsp3) is 0.250. The van der Waals surface area contributed by atoms with Crippen LogP contribution in [0.5, 0.6) is 0 Å². The van der Waals surface area contributed by atoms with E-state index in [4.69, 9.17) is 4.74 Å². The van der Waals surface area contributed by atoms with Gasteiger partial charge in [0.15, 0.2) is 0 Å². The van der Waals surface area contributed by atoms with Gasteiger partial charge in [-0.1, -0.05) is 49.7 Å². The molecule has 1 N–H and O–H groups in total. The third-order valence-electron chi connectivity index (χ3n) is 5.14. The average molecular weight is 421 g/mol. The second-order valence-corrected chi connectivity index (χ2v) is 8.21. The van der Waals surface area contributed by atoms with E-state index in [1.807, 2.05) is 23.6 Å². The number of carbonyl (C=O) groups is 2. The number of hydrogen-bond donors (Lipinski definition) is 1. The summed E-state index contributed by atoms with van der Waals surface area (Å²) >= 11 is 1.62. The summed E-state index contributed by atoms with van der Waals surface area (Å²) in [7, 11) is 0. The second kappa shape index (κ2) is 9.13. The van der Waals surface area contributed by atoms with Crippen LogP contribution in [0.3, 0.4) is 0 Å². The van der Waals surface area contributed by atoms with Crippen molar-refractivity contribution < 1.29 is 14.3 Å². The number of cyclic esters (lactones) is 1. The van der Waals surface area contributed by atoms with Crippen molar-refractivity contribution in [2.24, 2.45) is 0 Å². The molecule has 30 heavy (non-hydrogen) atoms. The fourth-order valence-corrected chi connectivity index (χ4v) is 4.40. The van der Waals surface area contributed by atoms with Gasteiger partial charge in [-0.15, -0.1) is 11.3 Å². The van der Waals surface area contributed by atoms with Crippen molar-refractivity contribution in [3.63, 3.8) is 0 Å². The molecule has 0 radical (unpaired) electrons. The molecule has 0 spiro atoms. The highest BCUT2D eigenvalue weighted by atomic mass is 32.1. The van der Waals surface area contributed by atoms with Gasteiger partial charge in [-0.05, 0) is 47.2 Å². The minimum atomic E-state index is -0.379. The Labute approximate surface area is 180 Å². The maximum Gasteiger partial charge on any atom is 0.414 e. The lowest BCUT2D eigenvalue weighted by Crippen LogP contribution is -2.29. The lowest BCUT2D eigenvalue weighted by Gasteiger charge is -2.19. The van der Waals surface area contributed by atoms with Gasteiger partial charge >= 0.3 is 6.09 Å². The number of nitrogens with zero attached hydrogens (tertiary/aromatic N) is 1. The van der Waals surface area contributed by atoms with Gasteiger partial charge in [0.2, 0.25) is 0 Å². The zero-order chi connectivity index (χ0) is 20.9. The first-order valence-electron chi connectivity index (χ1n) is 10.1. The number of thiophene rings is 1. The molecule has 0 saturated carbocycles. The molecule has 1 fully saturated rings. The number of nitrogens with one attached hydrogen (secondary N) is 1. The number of rotatable bonds is 7. The molecule has 4 rings (SSSR count). The minimum absolute atomic E-state index is 0.180. The lowest BCUT2D eigenvalue weighted by atomic mass is 10.0. The summed E-state index contributed by atoms with van der Waals surface area (Å²) in [4.78, 5) is 27.6.